The van der Waals surface area contributed by atoms with E-state index in [4.69, 9.17) is 9.84 Å². The molecule has 1 atom stereocenters. The van der Waals surface area contributed by atoms with Crippen molar-refractivity contribution in [2.24, 2.45) is 0 Å². The smallest absolute Gasteiger partial charge is 0.290 e. The maximum absolute atomic E-state index is 12.9. The predicted octanol–water partition coefficient (Wildman–Crippen LogP) is 2.67. The molecule has 2 aromatic rings. The van der Waals surface area contributed by atoms with Gasteiger partial charge in [0.2, 0.25) is 0 Å². The summed E-state index contributed by atoms with van der Waals surface area (Å²) >= 11 is 0. The van der Waals surface area contributed by atoms with Gasteiger partial charge in [-0.15, -0.1) is 0 Å². The molecule has 0 bridgehead atoms. The van der Waals surface area contributed by atoms with Crippen molar-refractivity contribution in [3.8, 4) is 0 Å². The van der Waals surface area contributed by atoms with Gasteiger partial charge in [0, 0.05) is 6.54 Å². The number of amides is 1. The van der Waals surface area contributed by atoms with Gasteiger partial charge in [0.05, 0.1) is 31.4 Å². The number of hydrogen-bond acceptors (Lipinski definition) is 5. The first-order chi connectivity index (χ1) is 14.1. The molecule has 0 saturated heterocycles. The number of hydrogen-bond donors (Lipinski definition) is 2. The standard InChI is InChI=1S/C23H23NO5/c25-14-16-29-15-13-24-21(18-9-5-2-6-10-18)20(22(27)23(24)28)19(26)12-11-17-7-3-1-4-8-17/h1-12,21,25,27H,13-16H2/b12-11+. The Kier molecular flexibility index (Phi) is 6.94. The van der Waals surface area contributed by atoms with E-state index in [9.17, 15) is 14.7 Å². The molecule has 1 unspecified atom stereocenters. The minimum atomic E-state index is -0.700. The maximum atomic E-state index is 12.9. The van der Waals surface area contributed by atoms with E-state index in [0.29, 0.717) is 0 Å². The van der Waals surface area contributed by atoms with E-state index in [-0.39, 0.29) is 31.9 Å². The minimum Gasteiger partial charge on any atom is -0.503 e. The highest BCUT2D eigenvalue weighted by atomic mass is 16.5. The third-order valence-electron chi connectivity index (χ3n) is 4.62. The molecule has 0 saturated carbocycles. The molecule has 1 aliphatic heterocycles. The van der Waals surface area contributed by atoms with Crippen molar-refractivity contribution < 1.29 is 24.5 Å². The Hall–Kier alpha value is -3.22. The summed E-state index contributed by atoms with van der Waals surface area (Å²) in [5, 5.41) is 19.3. The van der Waals surface area contributed by atoms with Gasteiger partial charge in [0.1, 0.15) is 0 Å². The van der Waals surface area contributed by atoms with Crippen LogP contribution in [0.4, 0.5) is 0 Å². The van der Waals surface area contributed by atoms with Crippen LogP contribution in [0.1, 0.15) is 17.2 Å². The Balaban J connectivity index is 1.89. The van der Waals surface area contributed by atoms with Crippen molar-refractivity contribution in [3.05, 3.63) is 89.2 Å². The first-order valence-corrected chi connectivity index (χ1v) is 9.38. The third kappa shape index (κ3) is 4.80. The lowest BCUT2D eigenvalue weighted by molar-refractivity contribution is -0.130. The zero-order chi connectivity index (χ0) is 20.6. The normalized spacial score (nSPS) is 16.8. The number of ether oxygens (including phenoxy) is 1. The summed E-state index contributed by atoms with van der Waals surface area (Å²) < 4.78 is 5.27. The molecule has 6 heteroatoms. The van der Waals surface area contributed by atoms with Crippen LogP contribution in [0.5, 0.6) is 0 Å². The number of ketones is 1. The van der Waals surface area contributed by atoms with Gasteiger partial charge in [-0.25, -0.2) is 0 Å². The van der Waals surface area contributed by atoms with Gasteiger partial charge in [-0.2, -0.15) is 0 Å². The molecule has 3 rings (SSSR count). The number of allylic oxidation sites excluding steroid dienone is 1. The van der Waals surface area contributed by atoms with Crippen LogP contribution < -0.4 is 0 Å². The topological polar surface area (TPSA) is 87.1 Å². The first kappa shape index (κ1) is 20.5. The van der Waals surface area contributed by atoms with Crippen molar-refractivity contribution in [2.45, 2.75) is 6.04 Å². The molecule has 0 radical (unpaired) electrons. The zero-order valence-corrected chi connectivity index (χ0v) is 15.9. The molecule has 0 spiro atoms. The van der Waals surface area contributed by atoms with Gasteiger partial charge in [0.25, 0.3) is 5.91 Å². The summed E-state index contributed by atoms with van der Waals surface area (Å²) in [6.07, 6.45) is 3.03. The lowest BCUT2D eigenvalue weighted by Crippen LogP contribution is -2.34. The predicted molar refractivity (Wildman–Crippen MR) is 109 cm³/mol. The van der Waals surface area contributed by atoms with Gasteiger partial charge in [0.15, 0.2) is 11.5 Å². The fourth-order valence-electron chi connectivity index (χ4n) is 3.27. The van der Waals surface area contributed by atoms with Crippen molar-refractivity contribution in [1.82, 2.24) is 4.90 Å². The van der Waals surface area contributed by atoms with Crippen molar-refractivity contribution in [1.29, 1.82) is 0 Å². The van der Waals surface area contributed by atoms with E-state index in [2.05, 4.69) is 0 Å². The summed E-state index contributed by atoms with van der Waals surface area (Å²) in [6, 6.07) is 17.7. The van der Waals surface area contributed by atoms with Crippen LogP contribution in [0.15, 0.2) is 78.1 Å². The average Bonchev–Trinajstić information content (AvgIpc) is 3.01. The lowest BCUT2D eigenvalue weighted by Gasteiger charge is -2.26. The molecule has 6 nitrogen and oxygen atoms in total. The molecule has 0 aliphatic carbocycles. The zero-order valence-electron chi connectivity index (χ0n) is 15.9. The highest BCUT2D eigenvalue weighted by molar-refractivity contribution is 6.14. The van der Waals surface area contributed by atoms with Gasteiger partial charge >= 0.3 is 0 Å². The molecule has 2 aromatic carbocycles. The van der Waals surface area contributed by atoms with Gasteiger partial charge in [-0.3, -0.25) is 9.59 Å². The van der Waals surface area contributed by atoms with Crippen LogP contribution in [-0.2, 0) is 14.3 Å². The number of benzene rings is 2. The molecule has 0 aromatic heterocycles. The summed E-state index contributed by atoms with van der Waals surface area (Å²) in [4.78, 5) is 27.0. The quantitative estimate of drug-likeness (QED) is 0.505. The minimum absolute atomic E-state index is 0.0514. The Morgan fingerprint density at radius 3 is 2.34 bits per heavy atom. The molecule has 150 valence electrons. The van der Waals surface area contributed by atoms with E-state index >= 15 is 0 Å². The fraction of sp³-hybridized carbons (Fsp3) is 0.217. The Labute approximate surface area is 169 Å². The molecular weight excluding hydrogens is 370 g/mol. The van der Waals surface area contributed by atoms with Crippen LogP contribution >= 0.6 is 0 Å². The highest BCUT2D eigenvalue weighted by Gasteiger charge is 2.42. The van der Waals surface area contributed by atoms with Crippen molar-refractivity contribution in [3.63, 3.8) is 0 Å². The molecular formula is C23H23NO5. The van der Waals surface area contributed by atoms with E-state index < -0.39 is 23.5 Å². The monoisotopic (exact) mass is 393 g/mol. The SMILES string of the molecule is O=C(/C=C/c1ccccc1)C1=C(O)C(=O)N(CCOCCO)C1c1ccccc1. The number of rotatable bonds is 9. The molecule has 0 fully saturated rings. The Bertz CT molecular complexity index is 905. The largest absolute Gasteiger partial charge is 0.503 e. The molecule has 29 heavy (non-hydrogen) atoms. The van der Waals surface area contributed by atoms with Crippen molar-refractivity contribution in [2.75, 3.05) is 26.4 Å². The summed E-state index contributed by atoms with van der Waals surface area (Å²) in [5.74, 6) is -1.57. The Morgan fingerprint density at radius 2 is 1.69 bits per heavy atom. The molecule has 1 heterocycles. The third-order valence-corrected chi connectivity index (χ3v) is 4.62. The number of carbonyl (C=O) groups excluding carboxylic acids is 2. The van der Waals surface area contributed by atoms with Crippen LogP contribution in [0.25, 0.3) is 6.08 Å². The second-order valence-corrected chi connectivity index (χ2v) is 6.52. The summed E-state index contributed by atoms with van der Waals surface area (Å²) in [5.41, 5.74) is 1.62. The van der Waals surface area contributed by atoms with Gasteiger partial charge in [-0.05, 0) is 17.2 Å². The molecule has 2 N–H and O–H groups in total. The van der Waals surface area contributed by atoms with Crippen LogP contribution in [0.2, 0.25) is 0 Å². The fourth-order valence-corrected chi connectivity index (χ4v) is 3.27. The van der Waals surface area contributed by atoms with E-state index in [1.165, 1.54) is 11.0 Å². The van der Waals surface area contributed by atoms with Crippen LogP contribution in [-0.4, -0.2) is 53.2 Å². The van der Waals surface area contributed by atoms with Crippen LogP contribution in [0.3, 0.4) is 0 Å². The molecule has 1 amide bonds. The summed E-state index contributed by atoms with van der Waals surface area (Å²) in [6.45, 7) is 0.405. The maximum Gasteiger partial charge on any atom is 0.290 e. The van der Waals surface area contributed by atoms with Gasteiger partial charge < -0.3 is 19.8 Å². The Morgan fingerprint density at radius 1 is 1.03 bits per heavy atom. The number of carbonyl (C=O) groups is 2. The van der Waals surface area contributed by atoms with E-state index in [1.54, 1.807) is 6.08 Å². The van der Waals surface area contributed by atoms with Crippen LogP contribution in [0, 0.1) is 0 Å². The second kappa shape index (κ2) is 9.82. The molecule has 1 aliphatic rings. The highest BCUT2D eigenvalue weighted by Crippen LogP contribution is 2.37. The second-order valence-electron chi connectivity index (χ2n) is 6.52. The summed E-state index contributed by atoms with van der Waals surface area (Å²) in [7, 11) is 0. The average molecular weight is 393 g/mol. The lowest BCUT2D eigenvalue weighted by atomic mass is 9.95. The number of aliphatic hydroxyl groups is 2. The van der Waals surface area contributed by atoms with E-state index in [0.717, 1.165) is 11.1 Å². The number of nitrogens with zero attached hydrogens (tertiary/aromatic N) is 1. The van der Waals surface area contributed by atoms with Crippen molar-refractivity contribution >= 4 is 17.8 Å². The van der Waals surface area contributed by atoms with Gasteiger partial charge in [-0.1, -0.05) is 66.7 Å². The number of aliphatic hydroxyl groups excluding tert-OH is 2. The van der Waals surface area contributed by atoms with E-state index in [1.807, 2.05) is 60.7 Å². The first-order valence-electron chi connectivity index (χ1n) is 9.38.